The molecule has 0 saturated carbocycles. The van der Waals surface area contributed by atoms with E-state index in [1.807, 2.05) is 0 Å². The molecule has 74 heavy (non-hydrogen) atoms. The molecule has 0 fully saturated rings. The van der Waals surface area contributed by atoms with Crippen LogP contribution >= 0.6 is 12.6 Å². The highest BCUT2D eigenvalue weighted by atomic mass is 32.1. The molecule has 1 aliphatic carbocycles. The number of rotatable bonds is 22. The molecule has 0 radical (unpaired) electrons. The molecule has 7 rings (SSSR count). The van der Waals surface area contributed by atoms with E-state index in [9.17, 15) is 58.2 Å². The van der Waals surface area contributed by atoms with Gasteiger partial charge in [-0.3, -0.25) is 43.2 Å². The van der Waals surface area contributed by atoms with Crippen LogP contribution in [0.25, 0.3) is 22.3 Å². The Morgan fingerprint density at radius 1 is 0.959 bits per heavy atom. The molecule has 24 heteroatoms. The van der Waals surface area contributed by atoms with E-state index in [1.165, 1.54) is 10.6 Å². The van der Waals surface area contributed by atoms with E-state index in [-0.39, 0.29) is 68.7 Å². The predicted octanol–water partition coefficient (Wildman–Crippen LogP) is -0.0360. The first-order chi connectivity index (χ1) is 35.2. The van der Waals surface area contributed by atoms with Crippen molar-refractivity contribution in [2.45, 2.75) is 102 Å². The Kier molecular flexibility index (Phi) is 16.8. The molecule has 0 spiro atoms. The first-order valence-corrected chi connectivity index (χ1v) is 24.5. The lowest BCUT2D eigenvalue weighted by molar-refractivity contribution is -0.172. The van der Waals surface area contributed by atoms with Gasteiger partial charge in [0.05, 0.1) is 61.1 Å². The first kappa shape index (κ1) is 54.1. The van der Waals surface area contributed by atoms with Crippen molar-refractivity contribution in [3.05, 3.63) is 97.6 Å². The summed E-state index contributed by atoms with van der Waals surface area (Å²) in [6.45, 7) is 0.844. The molecule has 0 unspecified atom stereocenters. The van der Waals surface area contributed by atoms with E-state index in [0.29, 0.717) is 62.9 Å². The predicted molar refractivity (Wildman–Crippen MR) is 264 cm³/mol. The van der Waals surface area contributed by atoms with Crippen molar-refractivity contribution in [3.8, 4) is 11.4 Å². The van der Waals surface area contributed by atoms with Crippen molar-refractivity contribution in [1.29, 1.82) is 0 Å². The van der Waals surface area contributed by atoms with Crippen LogP contribution in [0.15, 0.2) is 47.3 Å². The van der Waals surface area contributed by atoms with Crippen LogP contribution in [0.1, 0.15) is 90.4 Å². The minimum absolute atomic E-state index is 0.0236. The van der Waals surface area contributed by atoms with E-state index < -0.39 is 114 Å². The topological polar surface area (TPSA) is 328 Å². The number of nitrogens with zero attached hydrogens (tertiary/aromatic N) is 3. The highest BCUT2D eigenvalue weighted by molar-refractivity contribution is 7.80. The summed E-state index contributed by atoms with van der Waals surface area (Å²) in [4.78, 5) is 135. The van der Waals surface area contributed by atoms with Gasteiger partial charge < -0.3 is 56.7 Å². The van der Waals surface area contributed by atoms with Gasteiger partial charge in [0.25, 0.3) is 5.56 Å². The molecular formula is C50H56FN9O13S. The van der Waals surface area contributed by atoms with Gasteiger partial charge in [-0.15, -0.1) is 0 Å². The summed E-state index contributed by atoms with van der Waals surface area (Å²) in [6, 6.07) is 8.01. The fourth-order valence-electron chi connectivity index (χ4n) is 9.65. The lowest BCUT2D eigenvalue weighted by atomic mass is 9.81. The van der Waals surface area contributed by atoms with Gasteiger partial charge in [0.15, 0.2) is 5.60 Å². The van der Waals surface area contributed by atoms with E-state index in [2.05, 4.69) is 39.2 Å². The van der Waals surface area contributed by atoms with Crippen LogP contribution in [0.2, 0.25) is 0 Å². The molecule has 4 atom stereocenters. The Hall–Kier alpha value is -7.73. The Bertz CT molecular complexity index is 3030. The number of aliphatic carboxylic acids is 1. The number of carbonyl (C=O) groups is 9. The van der Waals surface area contributed by atoms with Crippen molar-refractivity contribution >= 4 is 76.8 Å². The van der Waals surface area contributed by atoms with Gasteiger partial charge in [0.1, 0.15) is 24.5 Å². The Morgan fingerprint density at radius 3 is 2.36 bits per heavy atom. The van der Waals surface area contributed by atoms with Crippen molar-refractivity contribution in [3.63, 3.8) is 0 Å². The van der Waals surface area contributed by atoms with Crippen LogP contribution < -0.4 is 37.9 Å². The van der Waals surface area contributed by atoms with Gasteiger partial charge in [0.2, 0.25) is 41.4 Å². The molecule has 4 aromatic rings. The monoisotopic (exact) mass is 1040 g/mol. The zero-order chi connectivity index (χ0) is 53.6. The molecule has 392 valence electrons. The molecular weight excluding hydrogens is 986 g/mol. The molecule has 4 heterocycles. The van der Waals surface area contributed by atoms with Crippen LogP contribution in [0.4, 0.5) is 4.39 Å². The second-order valence-corrected chi connectivity index (χ2v) is 18.7. The Labute approximate surface area is 427 Å². The number of carboxylic acids is 1. The normalized spacial score (nSPS) is 16.8. The number of ether oxygens (including phenoxy) is 1. The van der Waals surface area contributed by atoms with Gasteiger partial charge in [-0.2, -0.15) is 12.6 Å². The zero-order valence-corrected chi connectivity index (χ0v) is 41.4. The van der Waals surface area contributed by atoms with E-state index in [1.54, 1.807) is 50.2 Å². The lowest BCUT2D eigenvalue weighted by Crippen LogP contribution is -2.54. The number of amides is 7. The number of nitrogens with one attached hydrogen (secondary N) is 5. The number of nitrogens with two attached hydrogens (primary N) is 1. The van der Waals surface area contributed by atoms with Crippen LogP contribution in [0, 0.1) is 12.7 Å². The molecule has 22 nitrogen and oxygen atoms in total. The summed E-state index contributed by atoms with van der Waals surface area (Å²) in [5.74, 6) is -7.93. The fraction of sp³-hybridized carbons (Fsp3) is 0.420. The summed E-state index contributed by atoms with van der Waals surface area (Å²) in [7, 11) is 0. The number of aliphatic hydroxyl groups is 1. The summed E-state index contributed by atoms with van der Waals surface area (Å²) < 4.78 is 22.2. The number of benzene rings is 2. The summed E-state index contributed by atoms with van der Waals surface area (Å²) in [6.07, 6.45) is -0.379. The van der Waals surface area contributed by atoms with Crippen molar-refractivity contribution < 1.29 is 62.5 Å². The zero-order valence-electron chi connectivity index (χ0n) is 40.5. The Balaban J connectivity index is 1.04. The van der Waals surface area contributed by atoms with Gasteiger partial charge in [-0.25, -0.2) is 14.2 Å². The average Bonchev–Trinajstić information content (AvgIpc) is 3.73. The number of halogens is 1. The molecule has 2 aromatic heterocycles. The van der Waals surface area contributed by atoms with Gasteiger partial charge >= 0.3 is 11.9 Å². The highest BCUT2D eigenvalue weighted by Crippen LogP contribution is 2.46. The molecule has 2 aromatic carbocycles. The Morgan fingerprint density at radius 2 is 1.68 bits per heavy atom. The van der Waals surface area contributed by atoms with Crippen molar-refractivity contribution in [2.75, 3.05) is 31.9 Å². The van der Waals surface area contributed by atoms with Gasteiger partial charge in [-0.05, 0) is 66.7 Å². The molecule has 3 aliphatic rings. The van der Waals surface area contributed by atoms with E-state index in [0.717, 1.165) is 4.90 Å². The highest BCUT2D eigenvalue weighted by Gasteiger charge is 2.46. The third-order valence-electron chi connectivity index (χ3n) is 13.4. The van der Waals surface area contributed by atoms with Crippen molar-refractivity contribution in [1.82, 2.24) is 41.0 Å². The van der Waals surface area contributed by atoms with Crippen LogP contribution in [0.3, 0.4) is 0 Å². The largest absolute Gasteiger partial charge is 0.481 e. The van der Waals surface area contributed by atoms with E-state index >= 15 is 4.39 Å². The maximum Gasteiger partial charge on any atom is 0.343 e. The maximum atomic E-state index is 15.5. The van der Waals surface area contributed by atoms with Crippen molar-refractivity contribution in [2.24, 2.45) is 5.73 Å². The summed E-state index contributed by atoms with van der Waals surface area (Å²) in [5, 5.41) is 33.7. The standard InChI is InChI=1S/C50H56FN9O13S/c1-3-50(72)30-17-36-45-28(22-60(36)47(69)29(30)24-73-49(50)71)44-32(12-11-27-25(2)31(51)18-33(58-45)43(27)44)55-38(62)10-7-14-59(23-37(52)61)48(70)35(16-26-8-5-4-6-9-26)57-41(65)21-53-40(64)20-54-46(68)34(19-42(66)67)56-39(63)13-15-74/h4-6,8-9,17-18,32,34-35,72,74H,3,7,10-16,19-24H2,1-2H3,(H2,52,61)(H,53,64)(H,54,68)(H,55,62)(H,56,63)(H,57,65)(H,66,67)/t32-,34-,35-,50-/m0/s1. The van der Waals surface area contributed by atoms with Crippen LogP contribution in [0.5, 0.6) is 0 Å². The molecule has 7 amide bonds. The molecule has 0 saturated heterocycles. The maximum absolute atomic E-state index is 15.5. The minimum atomic E-state index is -2.07. The number of carbonyl (C=O) groups excluding carboxylic acids is 8. The lowest BCUT2D eigenvalue weighted by Gasteiger charge is -2.31. The number of aromatic nitrogens is 2. The minimum Gasteiger partial charge on any atom is -0.481 e. The second-order valence-electron chi connectivity index (χ2n) is 18.3. The molecule has 0 bridgehead atoms. The number of cyclic esters (lactones) is 1. The number of primary amides is 1. The fourth-order valence-corrected chi connectivity index (χ4v) is 9.85. The number of aryl methyl sites for hydroxylation is 1. The SMILES string of the molecule is CC[C@@]1(O)C(=O)OCc2c1cc1n(c2=O)Cc2c-1nc1cc(F)c(C)c3c1c2[C@@H](NC(=O)CCCN(CC(N)=O)C(=O)[C@H](Cc1ccccc1)NC(=O)CNC(=O)CNC(=O)[C@H](CC(=O)O)NC(=O)CCS)CC3. The molecule has 2 aliphatic heterocycles. The number of pyridine rings is 2. The van der Waals surface area contributed by atoms with Gasteiger partial charge in [-0.1, -0.05) is 37.3 Å². The number of thiol groups is 1. The quantitative estimate of drug-likeness (QED) is 0.0325. The third-order valence-corrected chi connectivity index (χ3v) is 13.6. The number of carboxylic acid groups (broad SMARTS) is 1. The molecule has 9 N–H and O–H groups in total. The summed E-state index contributed by atoms with van der Waals surface area (Å²) >= 11 is 3.93. The van der Waals surface area contributed by atoms with Crippen LogP contribution in [-0.4, -0.2) is 122 Å². The van der Waals surface area contributed by atoms with Gasteiger partial charge in [0, 0.05) is 48.4 Å². The first-order valence-electron chi connectivity index (χ1n) is 23.9. The van der Waals surface area contributed by atoms with E-state index in [4.69, 9.17) is 15.5 Å². The summed E-state index contributed by atoms with van der Waals surface area (Å²) in [5.41, 5.74) is 7.18. The number of esters is 1. The third kappa shape index (κ3) is 11.7. The second kappa shape index (κ2) is 23.0. The number of fused-ring (bicyclic) bond motifs is 5. The smallest absolute Gasteiger partial charge is 0.343 e. The van der Waals surface area contributed by atoms with Crippen LogP contribution in [-0.2, 0) is 79.5 Å². The average molecular weight is 1040 g/mol. The number of hydrogen-bond acceptors (Lipinski definition) is 14. The number of hydrogen-bond donors (Lipinski definition) is 9.